The predicted molar refractivity (Wildman–Crippen MR) is 76.6 cm³/mol. The van der Waals surface area contributed by atoms with Gasteiger partial charge >= 0.3 is 0 Å². The molecule has 116 valence electrons. The monoisotopic (exact) mass is 298 g/mol. The highest BCUT2D eigenvalue weighted by Gasteiger charge is 2.36. The molecular weight excluding hydrogens is 278 g/mol. The van der Waals surface area contributed by atoms with Crippen molar-refractivity contribution in [1.82, 2.24) is 5.32 Å². The fourth-order valence-corrected chi connectivity index (χ4v) is 1.51. The second kappa shape index (κ2) is 6.65. The summed E-state index contributed by atoms with van der Waals surface area (Å²) in [5.74, 6) is -2.81. The first-order valence-electron chi connectivity index (χ1n) is 6.70. The van der Waals surface area contributed by atoms with E-state index in [1.165, 1.54) is 19.9 Å². The number of nitrogens with one attached hydrogen (secondary N) is 2. The van der Waals surface area contributed by atoms with Gasteiger partial charge in [-0.25, -0.2) is 8.78 Å². The van der Waals surface area contributed by atoms with Gasteiger partial charge in [-0.15, -0.1) is 0 Å². The maximum Gasteiger partial charge on any atom is 0.239 e. The minimum absolute atomic E-state index is 0.233. The van der Waals surface area contributed by atoms with Gasteiger partial charge in [-0.3, -0.25) is 9.59 Å². The largest absolute Gasteiger partial charge is 0.355 e. The third kappa shape index (κ3) is 4.24. The molecule has 0 fully saturated rings. The van der Waals surface area contributed by atoms with E-state index in [0.29, 0.717) is 6.54 Å². The van der Waals surface area contributed by atoms with Crippen LogP contribution in [0.5, 0.6) is 0 Å². The van der Waals surface area contributed by atoms with E-state index in [4.69, 9.17) is 0 Å². The fraction of sp³-hybridized carbons (Fsp3) is 0.467. The molecule has 0 spiro atoms. The average molecular weight is 298 g/mol. The van der Waals surface area contributed by atoms with Crippen molar-refractivity contribution in [2.24, 2.45) is 11.3 Å². The van der Waals surface area contributed by atoms with E-state index in [2.05, 4.69) is 10.6 Å². The number of carbonyl (C=O) groups is 2. The summed E-state index contributed by atoms with van der Waals surface area (Å²) in [5, 5.41) is 4.77. The van der Waals surface area contributed by atoms with Crippen molar-refractivity contribution < 1.29 is 18.4 Å². The molecule has 1 aromatic carbocycles. The van der Waals surface area contributed by atoms with Crippen LogP contribution >= 0.6 is 0 Å². The number of hydrogen-bond donors (Lipinski definition) is 2. The van der Waals surface area contributed by atoms with E-state index in [0.717, 1.165) is 12.1 Å². The van der Waals surface area contributed by atoms with Gasteiger partial charge in [-0.05, 0) is 31.9 Å². The lowest BCUT2D eigenvalue weighted by molar-refractivity contribution is -0.138. The maximum absolute atomic E-state index is 13.5. The van der Waals surface area contributed by atoms with Gasteiger partial charge in [0.2, 0.25) is 11.8 Å². The lowest BCUT2D eigenvalue weighted by Gasteiger charge is -2.23. The minimum atomic E-state index is -1.44. The van der Waals surface area contributed by atoms with Crippen molar-refractivity contribution >= 4 is 17.5 Å². The number of carbonyl (C=O) groups excluding carboxylic acids is 2. The van der Waals surface area contributed by atoms with Crippen LogP contribution in [0.2, 0.25) is 0 Å². The molecule has 0 aromatic heterocycles. The van der Waals surface area contributed by atoms with Crippen LogP contribution in [0.1, 0.15) is 27.7 Å². The van der Waals surface area contributed by atoms with Crippen molar-refractivity contribution in [3.63, 3.8) is 0 Å². The SMILES string of the molecule is CC(C)CNC(=O)C(C)(C)C(=O)Nc1c(F)cccc1F. The summed E-state index contributed by atoms with van der Waals surface area (Å²) in [6.45, 7) is 7.06. The summed E-state index contributed by atoms with van der Waals surface area (Å²) >= 11 is 0. The van der Waals surface area contributed by atoms with Crippen LogP contribution in [0.3, 0.4) is 0 Å². The van der Waals surface area contributed by atoms with Crippen LogP contribution in [0.15, 0.2) is 18.2 Å². The lowest BCUT2D eigenvalue weighted by atomic mass is 9.90. The molecule has 6 heteroatoms. The van der Waals surface area contributed by atoms with Crippen molar-refractivity contribution in [2.45, 2.75) is 27.7 Å². The first-order chi connectivity index (χ1) is 9.66. The minimum Gasteiger partial charge on any atom is -0.355 e. The van der Waals surface area contributed by atoms with Crippen molar-refractivity contribution in [3.8, 4) is 0 Å². The Bertz CT molecular complexity index is 522. The van der Waals surface area contributed by atoms with Gasteiger partial charge in [-0.1, -0.05) is 19.9 Å². The van der Waals surface area contributed by atoms with Gasteiger partial charge < -0.3 is 10.6 Å². The smallest absolute Gasteiger partial charge is 0.239 e. The van der Waals surface area contributed by atoms with E-state index in [9.17, 15) is 18.4 Å². The second-order valence-electron chi connectivity index (χ2n) is 5.78. The summed E-state index contributed by atoms with van der Waals surface area (Å²) in [5.41, 5.74) is -1.99. The Kier molecular flexibility index (Phi) is 5.41. The summed E-state index contributed by atoms with van der Waals surface area (Å²) in [6.07, 6.45) is 0. The highest BCUT2D eigenvalue weighted by Crippen LogP contribution is 2.23. The van der Waals surface area contributed by atoms with Gasteiger partial charge in [0.05, 0.1) is 0 Å². The molecule has 0 saturated carbocycles. The van der Waals surface area contributed by atoms with Crippen LogP contribution < -0.4 is 10.6 Å². The number of hydrogen-bond acceptors (Lipinski definition) is 2. The zero-order valence-electron chi connectivity index (χ0n) is 12.6. The standard InChI is InChI=1S/C15H20F2N2O2/c1-9(2)8-18-13(20)15(3,4)14(21)19-12-10(16)6-5-7-11(12)17/h5-7,9H,8H2,1-4H3,(H,18,20)(H,19,21). The summed E-state index contributed by atoms with van der Waals surface area (Å²) in [7, 11) is 0. The van der Waals surface area contributed by atoms with E-state index in [1.54, 1.807) is 0 Å². The van der Waals surface area contributed by atoms with Crippen molar-refractivity contribution in [3.05, 3.63) is 29.8 Å². The van der Waals surface area contributed by atoms with Crippen molar-refractivity contribution in [1.29, 1.82) is 0 Å². The van der Waals surface area contributed by atoms with E-state index in [1.807, 2.05) is 13.8 Å². The predicted octanol–water partition coefficient (Wildman–Crippen LogP) is 2.70. The molecule has 0 aliphatic carbocycles. The molecule has 4 nitrogen and oxygen atoms in total. The quantitative estimate of drug-likeness (QED) is 0.821. The molecule has 0 radical (unpaired) electrons. The van der Waals surface area contributed by atoms with Crippen LogP contribution in [0.4, 0.5) is 14.5 Å². The number of amides is 2. The molecule has 0 aliphatic heterocycles. The molecule has 2 N–H and O–H groups in total. The molecule has 0 atom stereocenters. The Morgan fingerprint density at radius 2 is 1.67 bits per heavy atom. The number of benzene rings is 1. The summed E-state index contributed by atoms with van der Waals surface area (Å²) < 4.78 is 27.0. The van der Waals surface area contributed by atoms with Crippen LogP contribution in [-0.4, -0.2) is 18.4 Å². The molecule has 0 saturated heterocycles. The molecule has 1 aromatic rings. The Balaban J connectivity index is 2.84. The molecule has 0 unspecified atom stereocenters. The molecule has 21 heavy (non-hydrogen) atoms. The molecular formula is C15H20F2N2O2. The fourth-order valence-electron chi connectivity index (χ4n) is 1.51. The third-order valence-electron chi connectivity index (χ3n) is 3.01. The normalized spacial score (nSPS) is 11.4. The van der Waals surface area contributed by atoms with E-state index >= 15 is 0 Å². The van der Waals surface area contributed by atoms with Crippen LogP contribution in [0.25, 0.3) is 0 Å². The average Bonchev–Trinajstić information content (AvgIpc) is 2.39. The Morgan fingerprint density at radius 3 is 2.14 bits per heavy atom. The van der Waals surface area contributed by atoms with E-state index < -0.39 is 34.6 Å². The Morgan fingerprint density at radius 1 is 1.14 bits per heavy atom. The molecule has 2 amide bonds. The van der Waals surface area contributed by atoms with Gasteiger partial charge in [0.15, 0.2) is 0 Å². The van der Waals surface area contributed by atoms with Gasteiger partial charge in [0.1, 0.15) is 22.7 Å². The second-order valence-corrected chi connectivity index (χ2v) is 5.78. The highest BCUT2D eigenvalue weighted by atomic mass is 19.1. The zero-order valence-corrected chi connectivity index (χ0v) is 12.6. The van der Waals surface area contributed by atoms with Crippen LogP contribution in [0, 0.1) is 23.0 Å². The topological polar surface area (TPSA) is 58.2 Å². The van der Waals surface area contributed by atoms with Crippen LogP contribution in [-0.2, 0) is 9.59 Å². The summed E-state index contributed by atoms with van der Waals surface area (Å²) in [4.78, 5) is 24.1. The van der Waals surface area contributed by atoms with Gasteiger partial charge in [0, 0.05) is 6.54 Å². The molecule has 1 rings (SSSR count). The zero-order chi connectivity index (χ0) is 16.2. The number of anilines is 1. The van der Waals surface area contributed by atoms with Gasteiger partial charge in [0.25, 0.3) is 0 Å². The summed E-state index contributed by atoms with van der Waals surface area (Å²) in [6, 6.07) is 3.26. The van der Waals surface area contributed by atoms with Gasteiger partial charge in [-0.2, -0.15) is 0 Å². The number of halogens is 2. The Labute approximate surface area is 122 Å². The number of para-hydroxylation sites is 1. The molecule has 0 bridgehead atoms. The first kappa shape index (κ1) is 17.1. The maximum atomic E-state index is 13.5. The number of rotatable bonds is 5. The lowest BCUT2D eigenvalue weighted by Crippen LogP contribution is -2.46. The first-order valence-corrected chi connectivity index (χ1v) is 6.70. The molecule has 0 heterocycles. The Hall–Kier alpha value is -1.98. The molecule has 0 aliphatic rings. The third-order valence-corrected chi connectivity index (χ3v) is 3.01. The van der Waals surface area contributed by atoms with Crippen molar-refractivity contribution in [2.75, 3.05) is 11.9 Å². The highest BCUT2D eigenvalue weighted by molar-refractivity contribution is 6.09. The van der Waals surface area contributed by atoms with E-state index in [-0.39, 0.29) is 5.92 Å².